The van der Waals surface area contributed by atoms with E-state index in [0.717, 1.165) is 28.6 Å². The van der Waals surface area contributed by atoms with Crippen LogP contribution in [0.2, 0.25) is 0 Å². The summed E-state index contributed by atoms with van der Waals surface area (Å²) >= 11 is 3.44. The number of carbonyl (C=O) groups is 1. The first kappa shape index (κ1) is 16.1. The molecule has 2 aromatic carbocycles. The van der Waals surface area contributed by atoms with Gasteiger partial charge in [-0.25, -0.2) is 0 Å². The molecule has 1 amide bonds. The number of carbonyl (C=O) groups excluding carboxylic acids is 1. The molecule has 0 atom stereocenters. The number of nitrogens with one attached hydrogen (secondary N) is 1. The molecule has 0 saturated heterocycles. The topological polar surface area (TPSA) is 46.9 Å². The summed E-state index contributed by atoms with van der Waals surface area (Å²) in [5.74, 6) is 0.0501. The van der Waals surface area contributed by atoms with Crippen molar-refractivity contribution in [1.82, 2.24) is 9.78 Å². The normalized spacial score (nSPS) is 14.9. The minimum absolute atomic E-state index is 0.0501. The summed E-state index contributed by atoms with van der Waals surface area (Å²) in [4.78, 5) is 12.8. The highest BCUT2D eigenvalue weighted by atomic mass is 79.9. The molecule has 4 nitrogen and oxygen atoms in total. The second-order valence-electron chi connectivity index (χ2n) is 6.46. The van der Waals surface area contributed by atoms with E-state index < -0.39 is 0 Å². The van der Waals surface area contributed by atoms with Crippen LogP contribution in [0.15, 0.2) is 71.5 Å². The van der Waals surface area contributed by atoms with E-state index in [1.54, 1.807) is 6.20 Å². The molecule has 126 valence electrons. The highest BCUT2D eigenvalue weighted by molar-refractivity contribution is 9.10. The summed E-state index contributed by atoms with van der Waals surface area (Å²) in [5, 5.41) is 7.38. The van der Waals surface area contributed by atoms with E-state index in [1.807, 2.05) is 53.3 Å². The van der Waals surface area contributed by atoms with Gasteiger partial charge in [0.1, 0.15) is 0 Å². The lowest BCUT2D eigenvalue weighted by molar-refractivity contribution is -0.118. The third-order valence-electron chi connectivity index (χ3n) is 4.66. The molecule has 0 unspecified atom stereocenters. The van der Waals surface area contributed by atoms with Crippen molar-refractivity contribution in [1.29, 1.82) is 0 Å². The summed E-state index contributed by atoms with van der Waals surface area (Å²) in [5.41, 5.74) is 2.61. The number of hydrogen-bond donors (Lipinski definition) is 1. The Kier molecular flexibility index (Phi) is 4.17. The van der Waals surface area contributed by atoms with Crippen LogP contribution in [-0.4, -0.2) is 15.7 Å². The largest absolute Gasteiger partial charge is 0.323 e. The van der Waals surface area contributed by atoms with Crippen molar-refractivity contribution < 1.29 is 4.79 Å². The molecule has 1 heterocycles. The minimum atomic E-state index is -0.387. The number of halogens is 1. The Hall–Kier alpha value is -2.40. The molecule has 1 aliphatic carbocycles. The fourth-order valence-electron chi connectivity index (χ4n) is 3.08. The van der Waals surface area contributed by atoms with Crippen LogP contribution in [0, 0.1) is 0 Å². The van der Waals surface area contributed by atoms with Crippen LogP contribution in [0.25, 0.3) is 0 Å². The van der Waals surface area contributed by atoms with Crippen LogP contribution in [-0.2, 0) is 16.8 Å². The summed E-state index contributed by atoms with van der Waals surface area (Å²) in [6.45, 7) is 0.689. The smallest absolute Gasteiger partial charge is 0.235 e. The molecule has 1 N–H and O–H groups in total. The molecule has 5 heteroatoms. The number of benzene rings is 2. The van der Waals surface area contributed by atoms with Crippen molar-refractivity contribution in [3.8, 4) is 0 Å². The third-order valence-corrected chi connectivity index (χ3v) is 5.19. The Balaban J connectivity index is 1.45. The van der Waals surface area contributed by atoms with Crippen LogP contribution in [0.4, 0.5) is 5.69 Å². The van der Waals surface area contributed by atoms with Gasteiger partial charge in [-0.05, 0) is 36.1 Å². The first-order valence-corrected chi connectivity index (χ1v) is 9.09. The van der Waals surface area contributed by atoms with Crippen molar-refractivity contribution in [2.45, 2.75) is 24.8 Å². The average molecular weight is 396 g/mol. The van der Waals surface area contributed by atoms with E-state index >= 15 is 0 Å². The molecule has 0 radical (unpaired) electrons. The zero-order chi connectivity index (χ0) is 17.3. The van der Waals surface area contributed by atoms with Gasteiger partial charge in [0.25, 0.3) is 0 Å². The van der Waals surface area contributed by atoms with Crippen molar-refractivity contribution >= 4 is 27.5 Å². The lowest BCUT2D eigenvalue weighted by atomic mass is 9.95. The van der Waals surface area contributed by atoms with Gasteiger partial charge in [0, 0.05) is 10.7 Å². The van der Waals surface area contributed by atoms with E-state index in [4.69, 9.17) is 0 Å². The fraction of sp³-hybridized carbons (Fsp3) is 0.200. The Labute approximate surface area is 155 Å². The summed E-state index contributed by atoms with van der Waals surface area (Å²) in [6, 6.07) is 18.2. The number of rotatable bonds is 5. The molecular formula is C20H18BrN3O. The Morgan fingerprint density at radius 1 is 1.12 bits per heavy atom. The van der Waals surface area contributed by atoms with Crippen LogP contribution in [0.3, 0.4) is 0 Å². The summed E-state index contributed by atoms with van der Waals surface area (Å²) in [6.07, 6.45) is 5.36. The highest BCUT2D eigenvalue weighted by Crippen LogP contribution is 2.49. The molecule has 3 aromatic rings. The van der Waals surface area contributed by atoms with Gasteiger partial charge >= 0.3 is 0 Å². The minimum Gasteiger partial charge on any atom is -0.323 e. The molecule has 0 bridgehead atoms. The van der Waals surface area contributed by atoms with E-state index in [-0.39, 0.29) is 11.3 Å². The second-order valence-corrected chi connectivity index (χ2v) is 7.37. The van der Waals surface area contributed by atoms with Crippen LogP contribution < -0.4 is 5.32 Å². The second kappa shape index (κ2) is 6.48. The number of amides is 1. The molecule has 1 fully saturated rings. The SMILES string of the molecule is O=C(Nc1cnn(Cc2ccccc2)c1)C1(c2ccc(Br)cc2)CC1. The van der Waals surface area contributed by atoms with Gasteiger partial charge in [0.15, 0.2) is 0 Å². The molecule has 1 aromatic heterocycles. The third kappa shape index (κ3) is 3.37. The predicted octanol–water partition coefficient (Wildman–Crippen LogP) is 4.36. The zero-order valence-corrected chi connectivity index (χ0v) is 15.2. The summed E-state index contributed by atoms with van der Waals surface area (Å²) < 4.78 is 2.86. The van der Waals surface area contributed by atoms with Gasteiger partial charge in [-0.3, -0.25) is 9.48 Å². The first-order valence-electron chi connectivity index (χ1n) is 8.30. The standard InChI is InChI=1S/C20H18BrN3O/c21-17-8-6-16(7-9-17)20(10-11-20)19(25)23-18-12-22-24(14-18)13-15-4-2-1-3-5-15/h1-9,12,14H,10-11,13H2,(H,23,25). The predicted molar refractivity (Wildman–Crippen MR) is 101 cm³/mol. The van der Waals surface area contributed by atoms with E-state index in [9.17, 15) is 4.79 Å². The Bertz CT molecular complexity index is 883. The van der Waals surface area contributed by atoms with Crippen LogP contribution in [0.1, 0.15) is 24.0 Å². The highest BCUT2D eigenvalue weighted by Gasteiger charge is 2.51. The van der Waals surface area contributed by atoms with E-state index in [1.165, 1.54) is 5.56 Å². The molecule has 25 heavy (non-hydrogen) atoms. The average Bonchev–Trinajstić information content (AvgIpc) is 3.33. The van der Waals surface area contributed by atoms with Gasteiger partial charge in [-0.15, -0.1) is 0 Å². The number of anilines is 1. The first-order chi connectivity index (χ1) is 12.2. The molecule has 1 saturated carbocycles. The van der Waals surface area contributed by atoms with Gasteiger partial charge in [0.2, 0.25) is 5.91 Å². The molecule has 0 aliphatic heterocycles. The Morgan fingerprint density at radius 2 is 1.84 bits per heavy atom. The maximum Gasteiger partial charge on any atom is 0.235 e. The maximum atomic E-state index is 12.8. The van der Waals surface area contributed by atoms with E-state index in [0.29, 0.717) is 6.54 Å². The fourth-order valence-corrected chi connectivity index (χ4v) is 3.34. The number of hydrogen-bond acceptors (Lipinski definition) is 2. The van der Waals surface area contributed by atoms with E-state index in [2.05, 4.69) is 38.5 Å². The maximum absolute atomic E-state index is 12.8. The van der Waals surface area contributed by atoms with Gasteiger partial charge < -0.3 is 5.32 Å². The molecule has 1 aliphatic rings. The van der Waals surface area contributed by atoms with Gasteiger partial charge in [-0.1, -0.05) is 58.4 Å². The lowest BCUT2D eigenvalue weighted by Gasteiger charge is -2.15. The quantitative estimate of drug-likeness (QED) is 0.697. The Morgan fingerprint density at radius 3 is 2.52 bits per heavy atom. The van der Waals surface area contributed by atoms with Crippen molar-refractivity contribution in [2.24, 2.45) is 0 Å². The number of aromatic nitrogens is 2. The lowest BCUT2D eigenvalue weighted by Crippen LogP contribution is -2.27. The van der Waals surface area contributed by atoms with Crippen molar-refractivity contribution in [2.75, 3.05) is 5.32 Å². The molecule has 4 rings (SSSR count). The van der Waals surface area contributed by atoms with Crippen molar-refractivity contribution in [3.05, 3.63) is 82.6 Å². The molecular weight excluding hydrogens is 378 g/mol. The summed E-state index contributed by atoms with van der Waals surface area (Å²) in [7, 11) is 0. The van der Waals surface area contributed by atoms with Crippen LogP contribution in [0.5, 0.6) is 0 Å². The zero-order valence-electron chi connectivity index (χ0n) is 13.7. The van der Waals surface area contributed by atoms with Gasteiger partial charge in [0.05, 0.1) is 23.8 Å². The van der Waals surface area contributed by atoms with Gasteiger partial charge in [-0.2, -0.15) is 5.10 Å². The monoisotopic (exact) mass is 395 g/mol. The number of nitrogens with zero attached hydrogens (tertiary/aromatic N) is 2. The van der Waals surface area contributed by atoms with Crippen molar-refractivity contribution in [3.63, 3.8) is 0 Å². The van der Waals surface area contributed by atoms with Crippen LogP contribution >= 0.6 is 15.9 Å². The molecule has 0 spiro atoms.